The van der Waals surface area contributed by atoms with Crippen molar-refractivity contribution in [2.24, 2.45) is 0 Å². The summed E-state index contributed by atoms with van der Waals surface area (Å²) in [5, 5.41) is 3.18. The molecule has 6 nitrogen and oxygen atoms in total. The first-order valence-electron chi connectivity index (χ1n) is 9.84. The van der Waals surface area contributed by atoms with E-state index in [1.54, 1.807) is 14.2 Å². The first-order chi connectivity index (χ1) is 13.7. The molecular weight excluding hydrogens is 354 g/mol. The summed E-state index contributed by atoms with van der Waals surface area (Å²) in [6.45, 7) is 2.10. The van der Waals surface area contributed by atoms with E-state index < -0.39 is 5.54 Å². The van der Waals surface area contributed by atoms with Crippen molar-refractivity contribution in [1.29, 1.82) is 0 Å². The van der Waals surface area contributed by atoms with Crippen LogP contribution >= 0.6 is 0 Å². The molecule has 1 amide bonds. The number of benzene rings is 1. The monoisotopic (exact) mass is 381 g/mol. The highest BCUT2D eigenvalue weighted by Gasteiger charge is 2.46. The average molecular weight is 381 g/mol. The number of piperidine rings is 1. The fourth-order valence-electron chi connectivity index (χ4n) is 4.49. The van der Waals surface area contributed by atoms with Gasteiger partial charge in [0.1, 0.15) is 5.54 Å². The number of methoxy groups -OCH3 is 2. The molecule has 1 unspecified atom stereocenters. The van der Waals surface area contributed by atoms with Gasteiger partial charge in [-0.2, -0.15) is 4.98 Å². The van der Waals surface area contributed by atoms with E-state index in [1.165, 1.54) is 11.1 Å². The highest BCUT2D eigenvalue weighted by Crippen LogP contribution is 2.36. The van der Waals surface area contributed by atoms with Crippen LogP contribution in [0.3, 0.4) is 0 Å². The molecule has 1 spiro atoms. The number of carbonyl (C=O) groups is 1. The van der Waals surface area contributed by atoms with Crippen LogP contribution in [0.1, 0.15) is 36.0 Å². The van der Waals surface area contributed by atoms with Crippen LogP contribution in [0.15, 0.2) is 36.4 Å². The van der Waals surface area contributed by atoms with E-state index >= 15 is 0 Å². The normalized spacial score (nSPS) is 22.3. The number of aromatic nitrogens is 1. The number of hydrogen-bond acceptors (Lipinski definition) is 5. The van der Waals surface area contributed by atoms with Gasteiger partial charge in [-0.05, 0) is 43.0 Å². The van der Waals surface area contributed by atoms with Gasteiger partial charge in [-0.15, -0.1) is 0 Å². The minimum atomic E-state index is -0.532. The van der Waals surface area contributed by atoms with Gasteiger partial charge in [-0.3, -0.25) is 9.69 Å². The summed E-state index contributed by atoms with van der Waals surface area (Å²) in [6.07, 6.45) is 3.74. The highest BCUT2D eigenvalue weighted by molar-refractivity contribution is 5.87. The molecule has 1 saturated heterocycles. The summed E-state index contributed by atoms with van der Waals surface area (Å²) in [7, 11) is 3.21. The van der Waals surface area contributed by atoms with Crippen molar-refractivity contribution in [3.8, 4) is 11.8 Å². The van der Waals surface area contributed by atoms with Crippen LogP contribution in [0.2, 0.25) is 0 Å². The molecule has 0 radical (unpaired) electrons. The lowest BCUT2D eigenvalue weighted by Crippen LogP contribution is -2.60. The Hall–Kier alpha value is -2.60. The molecule has 1 N–H and O–H groups in total. The van der Waals surface area contributed by atoms with Crippen molar-refractivity contribution < 1.29 is 14.3 Å². The van der Waals surface area contributed by atoms with E-state index in [0.717, 1.165) is 37.8 Å². The number of nitrogens with one attached hydrogen (secondary N) is 1. The first kappa shape index (κ1) is 18.7. The van der Waals surface area contributed by atoms with Gasteiger partial charge in [-0.25, -0.2) is 0 Å². The Morgan fingerprint density at radius 1 is 1.11 bits per heavy atom. The maximum absolute atomic E-state index is 13.3. The van der Waals surface area contributed by atoms with E-state index in [4.69, 9.17) is 9.47 Å². The number of amides is 1. The molecule has 4 rings (SSSR count). The van der Waals surface area contributed by atoms with E-state index in [9.17, 15) is 4.79 Å². The van der Waals surface area contributed by atoms with Crippen molar-refractivity contribution >= 4 is 5.91 Å². The van der Waals surface area contributed by atoms with E-state index in [-0.39, 0.29) is 5.91 Å². The molecule has 28 heavy (non-hydrogen) atoms. The zero-order valence-electron chi connectivity index (χ0n) is 16.5. The third kappa shape index (κ3) is 3.33. The smallest absolute Gasteiger partial charge is 0.241 e. The number of nitrogens with zero attached hydrogens (tertiary/aromatic N) is 2. The van der Waals surface area contributed by atoms with Crippen LogP contribution < -0.4 is 14.8 Å². The molecule has 2 aliphatic rings. The van der Waals surface area contributed by atoms with Gasteiger partial charge in [-0.1, -0.05) is 24.3 Å². The molecule has 3 heterocycles. The Morgan fingerprint density at radius 3 is 2.71 bits per heavy atom. The maximum atomic E-state index is 13.3. The zero-order valence-corrected chi connectivity index (χ0v) is 16.5. The van der Waals surface area contributed by atoms with Gasteiger partial charge in [0, 0.05) is 31.1 Å². The maximum Gasteiger partial charge on any atom is 0.241 e. The molecule has 148 valence electrons. The summed E-state index contributed by atoms with van der Waals surface area (Å²) in [4.78, 5) is 20.0. The number of pyridine rings is 1. The largest absolute Gasteiger partial charge is 0.481 e. The molecule has 6 heteroatoms. The van der Waals surface area contributed by atoms with Gasteiger partial charge >= 0.3 is 0 Å². The fourth-order valence-corrected chi connectivity index (χ4v) is 4.49. The van der Waals surface area contributed by atoms with Crippen molar-refractivity contribution in [2.45, 2.75) is 44.3 Å². The van der Waals surface area contributed by atoms with Gasteiger partial charge in [0.15, 0.2) is 0 Å². The van der Waals surface area contributed by atoms with E-state index in [0.29, 0.717) is 24.8 Å². The van der Waals surface area contributed by atoms with Crippen LogP contribution in [-0.2, 0) is 24.3 Å². The summed E-state index contributed by atoms with van der Waals surface area (Å²) < 4.78 is 10.7. The van der Waals surface area contributed by atoms with Gasteiger partial charge < -0.3 is 14.8 Å². The Morgan fingerprint density at radius 2 is 1.93 bits per heavy atom. The highest BCUT2D eigenvalue weighted by atomic mass is 16.5. The molecule has 2 aromatic rings. The van der Waals surface area contributed by atoms with E-state index in [2.05, 4.69) is 33.4 Å². The molecule has 2 aliphatic heterocycles. The summed E-state index contributed by atoms with van der Waals surface area (Å²) in [6, 6.07) is 12.2. The zero-order chi connectivity index (χ0) is 19.6. The van der Waals surface area contributed by atoms with Crippen molar-refractivity contribution in [2.75, 3.05) is 20.8 Å². The Kier molecular flexibility index (Phi) is 5.22. The lowest BCUT2D eigenvalue weighted by atomic mass is 9.80. The SMILES string of the molecule is COc1ccc(CN2CCCCC23Cc2ccccc2CNC3=O)c(OC)n1. The summed E-state index contributed by atoms with van der Waals surface area (Å²) in [5.74, 6) is 1.20. The molecule has 1 aromatic heterocycles. The molecule has 0 bridgehead atoms. The molecular formula is C22H27N3O3. The van der Waals surface area contributed by atoms with Crippen LogP contribution in [0.5, 0.6) is 11.8 Å². The Balaban J connectivity index is 1.69. The van der Waals surface area contributed by atoms with Crippen LogP contribution in [0.4, 0.5) is 0 Å². The number of hydrogen-bond donors (Lipinski definition) is 1. The van der Waals surface area contributed by atoms with Gasteiger partial charge in [0.2, 0.25) is 17.7 Å². The molecule has 0 aliphatic carbocycles. The van der Waals surface area contributed by atoms with Crippen LogP contribution in [0.25, 0.3) is 0 Å². The number of rotatable bonds is 4. The number of carbonyl (C=O) groups excluding carboxylic acids is 1. The minimum absolute atomic E-state index is 0.129. The topological polar surface area (TPSA) is 63.7 Å². The predicted octanol–water partition coefficient (Wildman–Crippen LogP) is 2.70. The van der Waals surface area contributed by atoms with Crippen LogP contribution in [-0.4, -0.2) is 42.1 Å². The van der Waals surface area contributed by atoms with Crippen LogP contribution in [0, 0.1) is 0 Å². The number of likely N-dealkylation sites (tertiary alicyclic amines) is 1. The van der Waals surface area contributed by atoms with Crippen molar-refractivity contribution in [3.05, 3.63) is 53.1 Å². The average Bonchev–Trinajstić information content (AvgIpc) is 2.87. The molecule has 0 saturated carbocycles. The molecule has 1 aromatic carbocycles. The third-order valence-electron chi connectivity index (χ3n) is 6.01. The van der Waals surface area contributed by atoms with Crippen molar-refractivity contribution in [1.82, 2.24) is 15.2 Å². The number of ether oxygens (including phenoxy) is 2. The molecule has 1 fully saturated rings. The quantitative estimate of drug-likeness (QED) is 0.882. The summed E-state index contributed by atoms with van der Waals surface area (Å²) >= 11 is 0. The third-order valence-corrected chi connectivity index (χ3v) is 6.01. The number of fused-ring (bicyclic) bond motifs is 1. The van der Waals surface area contributed by atoms with Crippen molar-refractivity contribution in [3.63, 3.8) is 0 Å². The standard InChI is InChI=1S/C22H27N3O3/c1-27-19-10-9-18(20(24-19)28-2)15-25-12-6-5-11-22(25)13-16-7-3-4-8-17(16)14-23-21(22)26/h3-4,7-10H,5-6,11-15H2,1-2H3,(H,23,26). The first-order valence-corrected chi connectivity index (χ1v) is 9.84. The summed E-state index contributed by atoms with van der Waals surface area (Å²) in [5.41, 5.74) is 2.90. The minimum Gasteiger partial charge on any atom is -0.481 e. The van der Waals surface area contributed by atoms with E-state index in [1.807, 2.05) is 18.2 Å². The fraction of sp³-hybridized carbons (Fsp3) is 0.455. The Labute approximate surface area is 165 Å². The second-order valence-corrected chi connectivity index (χ2v) is 7.56. The molecule has 1 atom stereocenters. The predicted molar refractivity (Wildman–Crippen MR) is 106 cm³/mol. The van der Waals surface area contributed by atoms with Gasteiger partial charge in [0.25, 0.3) is 0 Å². The Bertz CT molecular complexity index is 870. The second kappa shape index (κ2) is 7.80. The van der Waals surface area contributed by atoms with Gasteiger partial charge in [0.05, 0.1) is 14.2 Å². The lowest BCUT2D eigenvalue weighted by molar-refractivity contribution is -0.136. The lowest BCUT2D eigenvalue weighted by Gasteiger charge is -2.45. The second-order valence-electron chi connectivity index (χ2n) is 7.56.